The van der Waals surface area contributed by atoms with Gasteiger partial charge in [0.25, 0.3) is 5.56 Å². The molecule has 0 unspecified atom stereocenters. The number of rotatable bonds is 4. The average Bonchev–Trinajstić information content (AvgIpc) is 3.01. The number of nitriles is 2. The third-order valence-electron chi connectivity index (χ3n) is 4.75. The number of aromatic nitrogens is 5. The van der Waals surface area contributed by atoms with Crippen molar-refractivity contribution in [3.63, 3.8) is 0 Å². The van der Waals surface area contributed by atoms with Crippen LogP contribution in [0.25, 0.3) is 33.5 Å². The van der Waals surface area contributed by atoms with E-state index in [-0.39, 0.29) is 22.8 Å². The summed E-state index contributed by atoms with van der Waals surface area (Å²) in [6.07, 6.45) is 0. The SMILES string of the molecule is CN(C)CCn1c(N)c(-c2nc3ccccc3c(=O)[nH]2)c2nc(C#N)c(C#N)nc21. The molecule has 1 aromatic carbocycles. The van der Waals surface area contributed by atoms with Crippen molar-refractivity contribution in [1.29, 1.82) is 10.5 Å². The second kappa shape index (κ2) is 7.28. The summed E-state index contributed by atoms with van der Waals surface area (Å²) in [6.45, 7) is 1.12. The number of H-pyrrole nitrogens is 1. The number of hydrogen-bond donors (Lipinski definition) is 2. The van der Waals surface area contributed by atoms with E-state index in [1.165, 1.54) is 0 Å². The first-order chi connectivity index (χ1) is 14.4. The first-order valence-corrected chi connectivity index (χ1v) is 9.08. The van der Waals surface area contributed by atoms with Gasteiger partial charge in [-0.2, -0.15) is 10.5 Å². The van der Waals surface area contributed by atoms with Crippen molar-refractivity contribution in [2.75, 3.05) is 26.4 Å². The lowest BCUT2D eigenvalue weighted by atomic mass is 10.2. The van der Waals surface area contributed by atoms with Crippen LogP contribution in [0.4, 0.5) is 5.82 Å². The minimum Gasteiger partial charge on any atom is -0.384 e. The van der Waals surface area contributed by atoms with Crippen molar-refractivity contribution in [1.82, 2.24) is 29.4 Å². The maximum Gasteiger partial charge on any atom is 0.259 e. The Hall–Kier alpha value is -4.28. The molecule has 4 aromatic rings. The Morgan fingerprint density at radius 2 is 1.83 bits per heavy atom. The predicted molar refractivity (Wildman–Crippen MR) is 111 cm³/mol. The minimum absolute atomic E-state index is 0.0832. The van der Waals surface area contributed by atoms with Crippen molar-refractivity contribution in [3.8, 4) is 23.5 Å². The van der Waals surface area contributed by atoms with Gasteiger partial charge in [0.1, 0.15) is 29.3 Å². The van der Waals surface area contributed by atoms with Gasteiger partial charge in [0, 0.05) is 13.1 Å². The number of para-hydroxylation sites is 1. The molecule has 0 amide bonds. The Balaban J connectivity index is 2.07. The number of nitrogen functional groups attached to an aromatic ring is 1. The van der Waals surface area contributed by atoms with Gasteiger partial charge in [-0.25, -0.2) is 15.0 Å². The number of nitrogens with one attached hydrogen (secondary N) is 1. The molecule has 0 atom stereocenters. The highest BCUT2D eigenvalue weighted by Gasteiger charge is 2.23. The van der Waals surface area contributed by atoms with Crippen LogP contribution in [0, 0.1) is 22.7 Å². The second-order valence-corrected chi connectivity index (χ2v) is 6.96. The number of likely N-dealkylation sites (N-methyl/N-ethyl adjacent to an activating group) is 1. The van der Waals surface area contributed by atoms with Crippen LogP contribution < -0.4 is 11.3 Å². The Labute approximate surface area is 170 Å². The Morgan fingerprint density at radius 1 is 1.13 bits per heavy atom. The van der Waals surface area contributed by atoms with E-state index in [4.69, 9.17) is 5.73 Å². The van der Waals surface area contributed by atoms with E-state index in [1.54, 1.807) is 28.8 Å². The highest BCUT2D eigenvalue weighted by Crippen LogP contribution is 2.33. The zero-order valence-electron chi connectivity index (χ0n) is 16.3. The maximum atomic E-state index is 12.6. The summed E-state index contributed by atoms with van der Waals surface area (Å²) in [6, 6.07) is 10.7. The minimum atomic E-state index is -0.314. The Kier molecular flexibility index (Phi) is 4.62. The summed E-state index contributed by atoms with van der Waals surface area (Å²) in [4.78, 5) is 30.5. The molecule has 0 saturated carbocycles. The zero-order valence-corrected chi connectivity index (χ0v) is 16.3. The first kappa shape index (κ1) is 19.1. The summed E-state index contributed by atoms with van der Waals surface area (Å²) in [5, 5.41) is 19.2. The Morgan fingerprint density at radius 3 is 2.53 bits per heavy atom. The summed E-state index contributed by atoms with van der Waals surface area (Å²) >= 11 is 0. The lowest BCUT2D eigenvalue weighted by Crippen LogP contribution is -2.19. The van der Waals surface area contributed by atoms with Crippen LogP contribution in [0.5, 0.6) is 0 Å². The average molecular weight is 399 g/mol. The topological polar surface area (TPSA) is 153 Å². The summed E-state index contributed by atoms with van der Waals surface area (Å²) in [7, 11) is 3.84. The third-order valence-corrected chi connectivity index (χ3v) is 4.75. The van der Waals surface area contributed by atoms with Crippen LogP contribution in [-0.4, -0.2) is 50.0 Å². The number of benzene rings is 1. The van der Waals surface area contributed by atoms with Crippen LogP contribution in [0.15, 0.2) is 29.1 Å². The molecule has 4 rings (SSSR count). The van der Waals surface area contributed by atoms with E-state index in [9.17, 15) is 15.3 Å². The van der Waals surface area contributed by atoms with Crippen molar-refractivity contribution in [2.45, 2.75) is 6.54 Å². The number of nitrogens with two attached hydrogens (primary N) is 1. The second-order valence-electron chi connectivity index (χ2n) is 6.96. The lowest BCUT2D eigenvalue weighted by molar-refractivity contribution is 0.387. The van der Waals surface area contributed by atoms with Crippen molar-refractivity contribution in [3.05, 3.63) is 46.0 Å². The number of anilines is 1. The van der Waals surface area contributed by atoms with Gasteiger partial charge in [-0.15, -0.1) is 0 Å². The normalized spacial score (nSPS) is 11.1. The highest BCUT2D eigenvalue weighted by molar-refractivity contribution is 5.97. The Bertz CT molecular complexity index is 1430. The van der Waals surface area contributed by atoms with E-state index in [0.717, 1.165) is 0 Å². The quantitative estimate of drug-likeness (QED) is 0.519. The molecule has 0 aliphatic rings. The molecule has 0 spiro atoms. The van der Waals surface area contributed by atoms with Gasteiger partial charge in [0.15, 0.2) is 17.0 Å². The fourth-order valence-corrected chi connectivity index (χ4v) is 3.27. The molecular formula is C20H17N9O. The summed E-state index contributed by atoms with van der Waals surface area (Å²) in [5.41, 5.74) is 7.48. The summed E-state index contributed by atoms with van der Waals surface area (Å²) < 4.78 is 1.72. The third kappa shape index (κ3) is 3.02. The van der Waals surface area contributed by atoms with E-state index in [2.05, 4.69) is 19.9 Å². The molecule has 0 saturated heterocycles. The van der Waals surface area contributed by atoms with E-state index in [1.807, 2.05) is 31.1 Å². The van der Waals surface area contributed by atoms with Gasteiger partial charge in [-0.1, -0.05) is 12.1 Å². The largest absolute Gasteiger partial charge is 0.384 e. The van der Waals surface area contributed by atoms with Crippen LogP contribution in [-0.2, 0) is 6.54 Å². The van der Waals surface area contributed by atoms with Gasteiger partial charge >= 0.3 is 0 Å². The molecule has 3 aromatic heterocycles. The predicted octanol–water partition coefficient (Wildman–Crippen LogP) is 1.22. The van der Waals surface area contributed by atoms with Crippen LogP contribution in [0.1, 0.15) is 11.4 Å². The maximum absolute atomic E-state index is 12.6. The number of fused-ring (bicyclic) bond motifs is 2. The van der Waals surface area contributed by atoms with E-state index >= 15 is 0 Å². The number of hydrogen-bond acceptors (Lipinski definition) is 8. The van der Waals surface area contributed by atoms with Crippen LogP contribution in [0.2, 0.25) is 0 Å². The molecule has 148 valence electrons. The summed E-state index contributed by atoms with van der Waals surface area (Å²) in [5.74, 6) is 0.525. The van der Waals surface area contributed by atoms with Gasteiger partial charge in [-0.3, -0.25) is 4.79 Å². The molecule has 0 aliphatic heterocycles. The highest BCUT2D eigenvalue weighted by atomic mass is 16.1. The van der Waals surface area contributed by atoms with Crippen molar-refractivity contribution < 1.29 is 0 Å². The monoisotopic (exact) mass is 399 g/mol. The molecule has 3 N–H and O–H groups in total. The molecule has 0 radical (unpaired) electrons. The van der Waals surface area contributed by atoms with Crippen LogP contribution in [0.3, 0.4) is 0 Å². The van der Waals surface area contributed by atoms with Crippen LogP contribution >= 0.6 is 0 Å². The number of nitrogens with zero attached hydrogens (tertiary/aromatic N) is 7. The van der Waals surface area contributed by atoms with E-state index < -0.39 is 0 Å². The first-order valence-electron chi connectivity index (χ1n) is 9.08. The molecule has 30 heavy (non-hydrogen) atoms. The fourth-order valence-electron chi connectivity index (χ4n) is 3.27. The zero-order chi connectivity index (χ0) is 21.4. The molecule has 0 bridgehead atoms. The van der Waals surface area contributed by atoms with Gasteiger partial charge in [0.05, 0.1) is 16.5 Å². The standard InChI is InChI=1S/C20H17N9O/c1-28(2)7-8-29-17(23)15(16-19(29)26-14(10-22)13(9-21)24-16)18-25-12-6-4-3-5-11(12)20(30)27-18/h3-6H,7-8,23H2,1-2H3,(H,25,27,30). The lowest BCUT2D eigenvalue weighted by Gasteiger charge is -2.12. The van der Waals surface area contributed by atoms with Crippen molar-refractivity contribution in [2.24, 2.45) is 0 Å². The fraction of sp³-hybridized carbons (Fsp3) is 0.200. The molecular weight excluding hydrogens is 382 g/mol. The molecule has 10 nitrogen and oxygen atoms in total. The molecule has 0 fully saturated rings. The van der Waals surface area contributed by atoms with Gasteiger partial charge in [-0.05, 0) is 26.2 Å². The molecule has 3 heterocycles. The van der Waals surface area contributed by atoms with E-state index in [0.29, 0.717) is 46.5 Å². The number of aromatic amines is 1. The van der Waals surface area contributed by atoms with Crippen molar-refractivity contribution >= 4 is 27.9 Å². The smallest absolute Gasteiger partial charge is 0.259 e. The molecule has 10 heteroatoms. The molecule has 0 aliphatic carbocycles. The van der Waals surface area contributed by atoms with Gasteiger partial charge in [0.2, 0.25) is 0 Å². The van der Waals surface area contributed by atoms with Gasteiger partial charge < -0.3 is 20.2 Å².